The molecular formula is C21H17F2N3O4. The number of benzene rings is 2. The summed E-state index contributed by atoms with van der Waals surface area (Å²) in [6.07, 6.45) is 0. The first-order valence-corrected chi connectivity index (χ1v) is 9.07. The molecule has 0 spiro atoms. The van der Waals surface area contributed by atoms with Crippen LogP contribution >= 0.6 is 0 Å². The van der Waals surface area contributed by atoms with Gasteiger partial charge in [-0.1, -0.05) is 47.6 Å². The number of hydrogen-bond acceptors (Lipinski definition) is 5. The minimum absolute atomic E-state index is 0.0398. The molecule has 1 aromatic heterocycles. The summed E-state index contributed by atoms with van der Waals surface area (Å²) in [5.74, 6) is -0.00339. The fraction of sp³-hybridized carbons (Fsp3) is 0.190. The third-order valence-electron chi connectivity index (χ3n) is 4.87. The van der Waals surface area contributed by atoms with Gasteiger partial charge >= 0.3 is 12.6 Å². The number of carbonyl (C=O) groups is 2. The van der Waals surface area contributed by atoms with E-state index in [4.69, 9.17) is 4.52 Å². The molecule has 1 fully saturated rings. The van der Waals surface area contributed by atoms with Crippen LogP contribution in [0.3, 0.4) is 0 Å². The Kier molecular flexibility index (Phi) is 4.94. The van der Waals surface area contributed by atoms with E-state index in [1.54, 1.807) is 13.0 Å². The van der Waals surface area contributed by atoms with Crippen molar-refractivity contribution in [3.8, 4) is 17.1 Å². The maximum atomic E-state index is 13.0. The van der Waals surface area contributed by atoms with Crippen LogP contribution in [0.25, 0.3) is 11.3 Å². The van der Waals surface area contributed by atoms with E-state index in [0.717, 1.165) is 10.5 Å². The van der Waals surface area contributed by atoms with Gasteiger partial charge in [-0.2, -0.15) is 8.78 Å². The van der Waals surface area contributed by atoms with Crippen molar-refractivity contribution in [3.05, 3.63) is 71.9 Å². The standard InChI is InChI=1S/C21H17F2N3O4/c1-21(14-7-9-16(10-8-14)29-19(22)23)18(27)26(20(28)24-21)12-15-11-17(30-25-15)13-5-3-2-4-6-13/h2-11,19H,12H2,1H3,(H,24,28). The van der Waals surface area contributed by atoms with Crippen molar-refractivity contribution in [2.24, 2.45) is 0 Å². The van der Waals surface area contributed by atoms with E-state index < -0.39 is 24.1 Å². The predicted octanol–water partition coefficient (Wildman–Crippen LogP) is 3.91. The van der Waals surface area contributed by atoms with Crippen LogP contribution in [0, 0.1) is 0 Å². The lowest BCUT2D eigenvalue weighted by Gasteiger charge is -2.22. The van der Waals surface area contributed by atoms with Gasteiger partial charge in [0.2, 0.25) is 0 Å². The van der Waals surface area contributed by atoms with Crippen molar-refractivity contribution in [2.75, 3.05) is 0 Å². The molecule has 4 rings (SSSR count). The minimum atomic E-state index is -2.95. The molecule has 2 heterocycles. The number of nitrogens with zero attached hydrogens (tertiary/aromatic N) is 2. The van der Waals surface area contributed by atoms with Crippen molar-refractivity contribution in [3.63, 3.8) is 0 Å². The number of ether oxygens (including phenoxy) is 1. The molecule has 7 nitrogen and oxygen atoms in total. The first-order valence-electron chi connectivity index (χ1n) is 9.07. The molecule has 2 aromatic carbocycles. The fourth-order valence-corrected chi connectivity index (χ4v) is 3.29. The molecule has 1 saturated heterocycles. The molecule has 0 radical (unpaired) electrons. The molecule has 154 valence electrons. The highest BCUT2D eigenvalue weighted by atomic mass is 19.3. The van der Waals surface area contributed by atoms with Crippen molar-refractivity contribution in [1.82, 2.24) is 15.4 Å². The molecule has 0 saturated carbocycles. The lowest BCUT2D eigenvalue weighted by Crippen LogP contribution is -2.40. The Balaban J connectivity index is 1.52. The topological polar surface area (TPSA) is 84.7 Å². The van der Waals surface area contributed by atoms with Gasteiger partial charge in [-0.3, -0.25) is 9.69 Å². The Morgan fingerprint density at radius 3 is 2.50 bits per heavy atom. The van der Waals surface area contributed by atoms with Crippen LogP contribution < -0.4 is 10.1 Å². The highest BCUT2D eigenvalue weighted by Crippen LogP contribution is 2.31. The Labute approximate surface area is 170 Å². The van der Waals surface area contributed by atoms with Gasteiger partial charge in [-0.25, -0.2) is 4.79 Å². The van der Waals surface area contributed by atoms with Gasteiger partial charge < -0.3 is 14.6 Å². The number of urea groups is 1. The minimum Gasteiger partial charge on any atom is -0.435 e. The molecule has 1 N–H and O–H groups in total. The zero-order valence-electron chi connectivity index (χ0n) is 15.8. The number of hydrogen-bond donors (Lipinski definition) is 1. The summed E-state index contributed by atoms with van der Waals surface area (Å²) in [5, 5.41) is 6.60. The number of carbonyl (C=O) groups excluding carboxylic acids is 2. The van der Waals surface area contributed by atoms with E-state index in [9.17, 15) is 18.4 Å². The first kappa shape index (κ1) is 19.6. The maximum Gasteiger partial charge on any atom is 0.387 e. The van der Waals surface area contributed by atoms with Crippen molar-refractivity contribution in [1.29, 1.82) is 0 Å². The normalized spacial score (nSPS) is 18.7. The van der Waals surface area contributed by atoms with E-state index in [0.29, 0.717) is 17.0 Å². The number of aromatic nitrogens is 1. The Morgan fingerprint density at radius 1 is 1.13 bits per heavy atom. The third-order valence-corrected chi connectivity index (χ3v) is 4.87. The second-order valence-corrected chi connectivity index (χ2v) is 6.90. The summed E-state index contributed by atoms with van der Waals surface area (Å²) in [5.41, 5.74) is 0.341. The molecule has 3 amide bonds. The molecule has 1 aliphatic rings. The van der Waals surface area contributed by atoms with Gasteiger partial charge in [0.15, 0.2) is 5.76 Å². The summed E-state index contributed by atoms with van der Waals surface area (Å²) in [4.78, 5) is 26.5. The average molecular weight is 413 g/mol. The first-order chi connectivity index (χ1) is 14.4. The number of imide groups is 1. The van der Waals surface area contributed by atoms with Gasteiger partial charge in [0.25, 0.3) is 5.91 Å². The average Bonchev–Trinajstić information content (AvgIpc) is 3.28. The van der Waals surface area contributed by atoms with E-state index in [2.05, 4.69) is 15.2 Å². The van der Waals surface area contributed by atoms with Crippen molar-refractivity contribution in [2.45, 2.75) is 25.6 Å². The number of rotatable bonds is 6. The SMILES string of the molecule is CC1(c2ccc(OC(F)F)cc2)NC(=O)N(Cc2cc(-c3ccccc3)on2)C1=O. The van der Waals surface area contributed by atoms with E-state index >= 15 is 0 Å². The summed E-state index contributed by atoms with van der Waals surface area (Å²) in [7, 11) is 0. The number of halogens is 2. The van der Waals surface area contributed by atoms with E-state index in [1.165, 1.54) is 24.3 Å². The third kappa shape index (κ3) is 3.61. The zero-order chi connectivity index (χ0) is 21.3. The molecule has 1 unspecified atom stereocenters. The van der Waals surface area contributed by atoms with Gasteiger partial charge in [-0.05, 0) is 24.6 Å². The monoisotopic (exact) mass is 413 g/mol. The second-order valence-electron chi connectivity index (χ2n) is 6.90. The summed E-state index contributed by atoms with van der Waals surface area (Å²) < 4.78 is 34.3. The van der Waals surface area contributed by atoms with E-state index in [-0.39, 0.29) is 12.3 Å². The number of nitrogens with one attached hydrogen (secondary N) is 1. The van der Waals surface area contributed by atoms with Gasteiger partial charge in [0.1, 0.15) is 17.0 Å². The van der Waals surface area contributed by atoms with Crippen LogP contribution in [0.1, 0.15) is 18.2 Å². The van der Waals surface area contributed by atoms with Crippen LogP contribution in [0.5, 0.6) is 5.75 Å². The summed E-state index contributed by atoms with van der Waals surface area (Å²) >= 11 is 0. The molecule has 1 aliphatic heterocycles. The van der Waals surface area contributed by atoms with Gasteiger partial charge in [0, 0.05) is 11.6 Å². The van der Waals surface area contributed by atoms with Crippen LogP contribution in [-0.2, 0) is 16.9 Å². The number of alkyl halides is 2. The predicted molar refractivity (Wildman–Crippen MR) is 101 cm³/mol. The van der Waals surface area contributed by atoms with Gasteiger partial charge in [0.05, 0.1) is 6.54 Å². The Hall–Kier alpha value is -3.75. The summed E-state index contributed by atoms with van der Waals surface area (Å²) in [6.45, 7) is -1.46. The van der Waals surface area contributed by atoms with Crippen LogP contribution in [-0.4, -0.2) is 28.6 Å². The lowest BCUT2D eigenvalue weighted by atomic mass is 9.92. The molecule has 30 heavy (non-hydrogen) atoms. The number of amides is 3. The molecule has 0 bridgehead atoms. The maximum absolute atomic E-state index is 13.0. The van der Waals surface area contributed by atoms with Crippen molar-refractivity contribution < 1.29 is 27.6 Å². The molecule has 9 heteroatoms. The lowest BCUT2D eigenvalue weighted by molar-refractivity contribution is -0.131. The largest absolute Gasteiger partial charge is 0.435 e. The van der Waals surface area contributed by atoms with Crippen molar-refractivity contribution >= 4 is 11.9 Å². The summed E-state index contributed by atoms with van der Waals surface area (Å²) in [6, 6.07) is 16.0. The zero-order valence-corrected chi connectivity index (χ0v) is 15.8. The molecular weight excluding hydrogens is 396 g/mol. The van der Waals surface area contributed by atoms with Crippen LogP contribution in [0.2, 0.25) is 0 Å². The highest BCUT2D eigenvalue weighted by Gasteiger charge is 2.49. The highest BCUT2D eigenvalue weighted by molar-refractivity contribution is 6.07. The molecule has 1 atom stereocenters. The molecule has 0 aliphatic carbocycles. The van der Waals surface area contributed by atoms with Crippen LogP contribution in [0.15, 0.2) is 65.2 Å². The van der Waals surface area contributed by atoms with E-state index in [1.807, 2.05) is 30.3 Å². The second kappa shape index (κ2) is 7.58. The molecule has 3 aromatic rings. The van der Waals surface area contributed by atoms with Crippen LogP contribution in [0.4, 0.5) is 13.6 Å². The van der Waals surface area contributed by atoms with Gasteiger partial charge in [-0.15, -0.1) is 0 Å². The smallest absolute Gasteiger partial charge is 0.387 e. The quantitative estimate of drug-likeness (QED) is 0.620. The Morgan fingerprint density at radius 2 is 1.83 bits per heavy atom. The fourth-order valence-electron chi connectivity index (χ4n) is 3.29. The Bertz CT molecular complexity index is 1070.